The van der Waals surface area contributed by atoms with Crippen molar-refractivity contribution in [3.8, 4) is 0 Å². The largest absolute Gasteiger partial charge is 0.463 e. The van der Waals surface area contributed by atoms with E-state index < -0.39 is 0 Å². The number of furan rings is 1. The topological polar surface area (TPSA) is 39.6 Å². The summed E-state index contributed by atoms with van der Waals surface area (Å²) in [7, 11) is 0. The molecule has 0 bridgehead atoms. The molecule has 1 aromatic rings. The van der Waals surface area contributed by atoms with Crippen molar-refractivity contribution >= 4 is 5.71 Å². The number of rotatable bonds is 1. The molecule has 1 aliphatic heterocycles. The van der Waals surface area contributed by atoms with E-state index in [1.165, 1.54) is 0 Å². The molecular weight excluding hydrogens is 128 g/mol. The summed E-state index contributed by atoms with van der Waals surface area (Å²) in [6.45, 7) is 0. The lowest BCUT2D eigenvalue weighted by molar-refractivity contribution is 0.558. The van der Waals surface area contributed by atoms with Gasteiger partial charge in [-0.15, -0.1) is 5.10 Å². The van der Waals surface area contributed by atoms with Crippen molar-refractivity contribution in [2.75, 3.05) is 0 Å². The predicted octanol–water partition coefficient (Wildman–Crippen LogP) is 1.12. The first kappa shape index (κ1) is 5.29. The molecule has 0 amide bonds. The first-order valence-corrected chi connectivity index (χ1v) is 2.95. The van der Waals surface area contributed by atoms with E-state index in [4.69, 9.17) is 4.42 Å². The van der Waals surface area contributed by atoms with Gasteiger partial charge in [0.15, 0.2) is 5.76 Å². The van der Waals surface area contributed by atoms with Gasteiger partial charge < -0.3 is 4.42 Å². The lowest BCUT2D eigenvalue weighted by atomic mass is 10.3. The Morgan fingerprint density at radius 2 is 2.40 bits per heavy atom. The average Bonchev–Trinajstić information content (AvgIpc) is 2.59. The van der Waals surface area contributed by atoms with Crippen molar-refractivity contribution in [1.29, 1.82) is 0 Å². The molecule has 1 aliphatic rings. The summed E-state index contributed by atoms with van der Waals surface area (Å²) in [6.07, 6.45) is 5.06. The second-order valence-electron chi connectivity index (χ2n) is 1.89. The molecule has 0 atom stereocenters. The Balaban J connectivity index is 2.36. The zero-order chi connectivity index (χ0) is 6.81. The van der Waals surface area contributed by atoms with Gasteiger partial charge in [-0.25, -0.2) is 0 Å². The van der Waals surface area contributed by atoms with Crippen LogP contribution >= 0.6 is 0 Å². The molecule has 1 radical (unpaired) electrons. The normalized spacial score (nSPS) is 15.0. The molecule has 0 spiro atoms. The molecule has 0 saturated heterocycles. The zero-order valence-electron chi connectivity index (χ0n) is 5.19. The Bertz CT molecular complexity index is 272. The van der Waals surface area contributed by atoms with Gasteiger partial charge >= 0.3 is 0 Å². The van der Waals surface area contributed by atoms with Gasteiger partial charge in [-0.1, -0.05) is 0 Å². The molecule has 1 aromatic heterocycles. The Labute approximate surface area is 58.0 Å². The number of nitrogens with zero attached hydrogens (tertiary/aromatic N) is 2. The van der Waals surface area contributed by atoms with Gasteiger partial charge in [0.1, 0.15) is 5.71 Å². The fourth-order valence-electron chi connectivity index (χ4n) is 0.789. The van der Waals surface area contributed by atoms with Gasteiger partial charge in [0, 0.05) is 0 Å². The van der Waals surface area contributed by atoms with Crippen LogP contribution in [-0.4, -0.2) is 5.71 Å². The molecule has 0 aromatic carbocycles. The summed E-state index contributed by atoms with van der Waals surface area (Å²) >= 11 is 0. The van der Waals surface area contributed by atoms with Crippen LogP contribution in [0.3, 0.4) is 0 Å². The lowest BCUT2D eigenvalue weighted by Crippen LogP contribution is -1.90. The maximum absolute atomic E-state index is 5.08. The molecule has 2 rings (SSSR count). The summed E-state index contributed by atoms with van der Waals surface area (Å²) in [5, 5.41) is 3.81. The van der Waals surface area contributed by atoms with E-state index in [9.17, 15) is 0 Å². The smallest absolute Gasteiger partial charge is 0.154 e. The summed E-state index contributed by atoms with van der Waals surface area (Å²) in [4.78, 5) is 0. The Hall–Kier alpha value is -1.51. The van der Waals surface area contributed by atoms with Crippen LogP contribution in [0.1, 0.15) is 5.76 Å². The quantitative estimate of drug-likeness (QED) is 0.565. The van der Waals surface area contributed by atoms with Crippen LogP contribution in [0.4, 0.5) is 0 Å². The summed E-state index contributed by atoms with van der Waals surface area (Å²) in [6, 6.07) is 3.67. The zero-order valence-corrected chi connectivity index (χ0v) is 5.19. The molecule has 0 fully saturated rings. The molecule has 0 N–H and O–H groups in total. The minimum absolute atomic E-state index is 0.762. The van der Waals surface area contributed by atoms with Crippen molar-refractivity contribution in [3.05, 3.63) is 36.4 Å². The average molecular weight is 133 g/mol. The summed E-state index contributed by atoms with van der Waals surface area (Å²) in [5.41, 5.74) is 4.45. The molecule has 0 unspecified atom stereocenters. The van der Waals surface area contributed by atoms with Crippen LogP contribution in [0.5, 0.6) is 0 Å². The molecule has 2 heterocycles. The maximum Gasteiger partial charge on any atom is 0.154 e. The first-order valence-electron chi connectivity index (χ1n) is 2.95. The van der Waals surface area contributed by atoms with E-state index in [-0.39, 0.29) is 0 Å². The van der Waals surface area contributed by atoms with Crippen LogP contribution in [0.25, 0.3) is 0 Å². The molecule has 49 valence electrons. The fraction of sp³-hybridized carbons (Fsp3) is 0. The highest BCUT2D eigenvalue weighted by molar-refractivity contribution is 6.07. The third-order valence-corrected chi connectivity index (χ3v) is 1.24. The minimum atomic E-state index is 0.762. The second kappa shape index (κ2) is 2.02. The summed E-state index contributed by atoms with van der Waals surface area (Å²) in [5.74, 6) is 0.762. The number of hydrogen-bond donors (Lipinski definition) is 0. The van der Waals surface area contributed by atoms with Crippen molar-refractivity contribution in [1.82, 2.24) is 5.43 Å². The fourth-order valence-corrected chi connectivity index (χ4v) is 0.789. The van der Waals surface area contributed by atoms with Gasteiger partial charge in [-0.05, 0) is 18.2 Å². The highest BCUT2D eigenvalue weighted by Gasteiger charge is 2.05. The van der Waals surface area contributed by atoms with Gasteiger partial charge in [-0.3, -0.25) is 0 Å². The van der Waals surface area contributed by atoms with E-state index in [1.807, 2.05) is 12.1 Å². The van der Waals surface area contributed by atoms with E-state index >= 15 is 0 Å². The lowest BCUT2D eigenvalue weighted by Gasteiger charge is -1.85. The molecule has 3 nitrogen and oxygen atoms in total. The third kappa shape index (κ3) is 0.719. The van der Waals surface area contributed by atoms with Crippen LogP contribution < -0.4 is 5.43 Å². The minimum Gasteiger partial charge on any atom is -0.463 e. The standard InChI is InChI=1S/C7H5N2O/c1-2-7(10-5-1)6-3-4-8-9-6/h1-5H. The van der Waals surface area contributed by atoms with Gasteiger partial charge in [0.25, 0.3) is 0 Å². The van der Waals surface area contributed by atoms with E-state index in [1.54, 1.807) is 18.5 Å². The third-order valence-electron chi connectivity index (χ3n) is 1.24. The molecular formula is C7H5N2O. The Morgan fingerprint density at radius 1 is 1.40 bits per heavy atom. The predicted molar refractivity (Wildman–Crippen MR) is 36.5 cm³/mol. The van der Waals surface area contributed by atoms with Crippen molar-refractivity contribution in [2.45, 2.75) is 0 Å². The molecule has 3 heteroatoms. The van der Waals surface area contributed by atoms with Crippen LogP contribution in [0.15, 0.2) is 40.2 Å². The molecule has 10 heavy (non-hydrogen) atoms. The van der Waals surface area contributed by atoms with Gasteiger partial charge in [0.2, 0.25) is 0 Å². The van der Waals surface area contributed by atoms with Crippen molar-refractivity contribution in [2.24, 2.45) is 5.10 Å². The SMILES string of the molecule is C1=CC(c2ccco2)=N[N]1. The number of allylic oxidation sites excluding steroid dienone is 1. The van der Waals surface area contributed by atoms with Crippen LogP contribution in [0, 0.1) is 0 Å². The number of hydrogen-bond acceptors (Lipinski definition) is 2. The first-order chi connectivity index (χ1) is 4.97. The van der Waals surface area contributed by atoms with E-state index in [2.05, 4.69) is 10.5 Å². The highest BCUT2D eigenvalue weighted by Crippen LogP contribution is 2.05. The van der Waals surface area contributed by atoms with Crippen molar-refractivity contribution < 1.29 is 4.42 Å². The van der Waals surface area contributed by atoms with E-state index in [0.29, 0.717) is 0 Å². The molecule has 0 saturated carbocycles. The maximum atomic E-state index is 5.08. The highest BCUT2D eigenvalue weighted by atomic mass is 16.3. The molecule has 0 aliphatic carbocycles. The van der Waals surface area contributed by atoms with Crippen LogP contribution in [-0.2, 0) is 0 Å². The van der Waals surface area contributed by atoms with Gasteiger partial charge in [0.05, 0.1) is 12.5 Å². The second-order valence-corrected chi connectivity index (χ2v) is 1.89. The summed E-state index contributed by atoms with van der Waals surface area (Å²) < 4.78 is 5.08. The van der Waals surface area contributed by atoms with Crippen LogP contribution in [0.2, 0.25) is 0 Å². The van der Waals surface area contributed by atoms with Gasteiger partial charge in [-0.2, -0.15) is 5.43 Å². The Morgan fingerprint density at radius 3 is 3.00 bits per heavy atom. The monoisotopic (exact) mass is 133 g/mol. The Kier molecular flexibility index (Phi) is 1.07. The van der Waals surface area contributed by atoms with Crippen molar-refractivity contribution in [3.63, 3.8) is 0 Å². The van der Waals surface area contributed by atoms with E-state index in [0.717, 1.165) is 11.5 Å².